The minimum absolute atomic E-state index is 0.100. The molecule has 0 bridgehead atoms. The van der Waals surface area contributed by atoms with Crippen LogP contribution in [0.2, 0.25) is 5.02 Å². The van der Waals surface area contributed by atoms with Crippen LogP contribution in [-0.4, -0.2) is 37.3 Å². The molecule has 1 saturated heterocycles. The van der Waals surface area contributed by atoms with Gasteiger partial charge in [0.2, 0.25) is 0 Å². The van der Waals surface area contributed by atoms with Gasteiger partial charge in [0, 0.05) is 30.4 Å². The van der Waals surface area contributed by atoms with Crippen molar-refractivity contribution in [2.75, 3.05) is 25.1 Å². The summed E-state index contributed by atoms with van der Waals surface area (Å²) in [5.74, 6) is -0.174. The van der Waals surface area contributed by atoms with Gasteiger partial charge in [-0.15, -0.1) is 0 Å². The lowest BCUT2D eigenvalue weighted by Gasteiger charge is -2.34. The summed E-state index contributed by atoms with van der Waals surface area (Å²) in [6.07, 6.45) is 1.76. The maximum Gasteiger partial charge on any atom is 0.251 e. The van der Waals surface area contributed by atoms with Gasteiger partial charge >= 0.3 is 0 Å². The van der Waals surface area contributed by atoms with E-state index in [1.807, 2.05) is 18.2 Å². The molecule has 0 spiro atoms. The number of halogens is 1. The third-order valence-electron chi connectivity index (χ3n) is 4.46. The van der Waals surface area contributed by atoms with Gasteiger partial charge < -0.3 is 20.1 Å². The Balaban J connectivity index is 1.61. The fourth-order valence-corrected chi connectivity index (χ4v) is 3.26. The first-order valence-electron chi connectivity index (χ1n) is 8.26. The van der Waals surface area contributed by atoms with Crippen LogP contribution in [0.15, 0.2) is 42.5 Å². The summed E-state index contributed by atoms with van der Waals surface area (Å²) in [4.78, 5) is 14.8. The van der Waals surface area contributed by atoms with Crippen molar-refractivity contribution in [2.45, 2.75) is 18.9 Å². The van der Waals surface area contributed by atoms with Crippen molar-refractivity contribution in [3.8, 4) is 11.5 Å². The van der Waals surface area contributed by atoms with Crippen molar-refractivity contribution >= 4 is 23.2 Å². The Labute approximate surface area is 152 Å². The van der Waals surface area contributed by atoms with Gasteiger partial charge in [0.25, 0.3) is 5.91 Å². The number of aromatic hydroxyl groups is 1. The first kappa shape index (κ1) is 17.4. The number of anilines is 1. The first-order chi connectivity index (χ1) is 12.1. The normalized spacial score (nSPS) is 15.0. The minimum atomic E-state index is -0.210. The van der Waals surface area contributed by atoms with Gasteiger partial charge in [-0.3, -0.25) is 4.79 Å². The minimum Gasteiger partial charge on any atom is -0.503 e. The van der Waals surface area contributed by atoms with Crippen LogP contribution in [0.1, 0.15) is 23.2 Å². The molecule has 1 fully saturated rings. The van der Waals surface area contributed by atoms with Crippen LogP contribution < -0.4 is 15.0 Å². The molecule has 0 aliphatic carbocycles. The average molecular weight is 361 g/mol. The fourth-order valence-electron chi connectivity index (χ4n) is 3.05. The summed E-state index contributed by atoms with van der Waals surface area (Å²) >= 11 is 5.95. The summed E-state index contributed by atoms with van der Waals surface area (Å²) < 4.78 is 5.05. The highest BCUT2D eigenvalue weighted by molar-refractivity contribution is 6.32. The number of rotatable bonds is 4. The maximum atomic E-state index is 12.5. The van der Waals surface area contributed by atoms with Crippen molar-refractivity contribution in [2.24, 2.45) is 0 Å². The Morgan fingerprint density at radius 3 is 2.56 bits per heavy atom. The lowest BCUT2D eigenvalue weighted by molar-refractivity contribution is 0.0930. The molecule has 2 aromatic rings. The molecule has 1 aliphatic heterocycles. The van der Waals surface area contributed by atoms with Gasteiger partial charge in [0.15, 0.2) is 11.5 Å². The number of phenolic OH excluding ortho intramolecular Hbond substituents is 1. The molecule has 6 heteroatoms. The second kappa shape index (κ2) is 7.66. The Morgan fingerprint density at radius 1 is 1.24 bits per heavy atom. The number of methoxy groups -OCH3 is 1. The number of para-hydroxylation sites is 1. The molecule has 3 rings (SSSR count). The second-order valence-corrected chi connectivity index (χ2v) is 6.49. The van der Waals surface area contributed by atoms with E-state index in [1.54, 1.807) is 0 Å². The number of nitrogens with one attached hydrogen (secondary N) is 1. The number of hydrogen-bond donors (Lipinski definition) is 2. The number of benzene rings is 2. The number of nitrogens with zero attached hydrogens (tertiary/aromatic N) is 1. The Bertz CT molecular complexity index is 744. The van der Waals surface area contributed by atoms with E-state index in [0.717, 1.165) is 25.9 Å². The van der Waals surface area contributed by atoms with Crippen LogP contribution in [0.3, 0.4) is 0 Å². The summed E-state index contributed by atoms with van der Waals surface area (Å²) in [6, 6.07) is 13.3. The summed E-state index contributed by atoms with van der Waals surface area (Å²) in [5.41, 5.74) is 1.59. The molecule has 0 aromatic heterocycles. The number of carbonyl (C=O) groups excluding carboxylic acids is 1. The largest absolute Gasteiger partial charge is 0.503 e. The Kier molecular flexibility index (Phi) is 5.34. The molecule has 2 aromatic carbocycles. The molecule has 0 unspecified atom stereocenters. The average Bonchev–Trinajstić information content (AvgIpc) is 2.65. The van der Waals surface area contributed by atoms with Gasteiger partial charge in [0.1, 0.15) is 0 Å². The number of ether oxygens (including phenoxy) is 1. The van der Waals surface area contributed by atoms with Crippen LogP contribution in [0.4, 0.5) is 5.69 Å². The van der Waals surface area contributed by atoms with Gasteiger partial charge in [-0.1, -0.05) is 29.8 Å². The molecule has 1 amide bonds. The quantitative estimate of drug-likeness (QED) is 0.876. The second-order valence-electron chi connectivity index (χ2n) is 6.08. The number of amides is 1. The van der Waals surface area contributed by atoms with Crippen LogP contribution in [0.5, 0.6) is 11.5 Å². The summed E-state index contributed by atoms with van der Waals surface area (Å²) in [7, 11) is 1.42. The van der Waals surface area contributed by atoms with E-state index >= 15 is 0 Å². The lowest BCUT2D eigenvalue weighted by atomic mass is 10.0. The van der Waals surface area contributed by atoms with Crippen LogP contribution in [0, 0.1) is 0 Å². The molecular formula is C19H21ClN2O3. The van der Waals surface area contributed by atoms with Gasteiger partial charge in [-0.2, -0.15) is 0 Å². The maximum absolute atomic E-state index is 12.5. The predicted molar refractivity (Wildman–Crippen MR) is 98.8 cm³/mol. The van der Waals surface area contributed by atoms with Crippen molar-refractivity contribution in [3.05, 3.63) is 53.1 Å². The number of phenols is 1. The monoisotopic (exact) mass is 360 g/mol. The third-order valence-corrected chi connectivity index (χ3v) is 4.75. The molecule has 132 valence electrons. The third kappa shape index (κ3) is 3.99. The Morgan fingerprint density at radius 2 is 1.92 bits per heavy atom. The zero-order valence-corrected chi connectivity index (χ0v) is 14.8. The van der Waals surface area contributed by atoms with Crippen molar-refractivity contribution in [1.29, 1.82) is 0 Å². The number of hydrogen-bond acceptors (Lipinski definition) is 4. The highest BCUT2D eigenvalue weighted by Crippen LogP contribution is 2.35. The van der Waals surface area contributed by atoms with Gasteiger partial charge in [0.05, 0.1) is 12.1 Å². The molecule has 5 nitrogen and oxygen atoms in total. The molecular weight excluding hydrogens is 340 g/mol. The van der Waals surface area contributed by atoms with E-state index in [1.165, 1.54) is 24.9 Å². The topological polar surface area (TPSA) is 61.8 Å². The van der Waals surface area contributed by atoms with Crippen LogP contribution >= 0.6 is 11.6 Å². The van der Waals surface area contributed by atoms with E-state index < -0.39 is 0 Å². The molecule has 2 N–H and O–H groups in total. The Hall–Kier alpha value is -2.40. The highest BCUT2D eigenvalue weighted by atomic mass is 35.5. The van der Waals surface area contributed by atoms with E-state index in [0.29, 0.717) is 5.56 Å². The first-order valence-corrected chi connectivity index (χ1v) is 8.63. The SMILES string of the molecule is COc1cc(C(=O)NC2CCN(c3ccccc3)CC2)cc(Cl)c1O. The van der Waals surface area contributed by atoms with Crippen molar-refractivity contribution < 1.29 is 14.6 Å². The predicted octanol–water partition coefficient (Wildman–Crippen LogP) is 3.45. The van der Waals surface area contributed by atoms with Crippen LogP contribution in [0.25, 0.3) is 0 Å². The van der Waals surface area contributed by atoms with Gasteiger partial charge in [-0.05, 0) is 37.1 Å². The fraction of sp³-hybridized carbons (Fsp3) is 0.316. The van der Waals surface area contributed by atoms with E-state index in [9.17, 15) is 9.90 Å². The lowest BCUT2D eigenvalue weighted by Crippen LogP contribution is -2.44. The van der Waals surface area contributed by atoms with Crippen LogP contribution in [-0.2, 0) is 0 Å². The molecule has 0 saturated carbocycles. The van der Waals surface area contributed by atoms with Crippen molar-refractivity contribution in [3.63, 3.8) is 0 Å². The smallest absolute Gasteiger partial charge is 0.251 e. The van der Waals surface area contributed by atoms with E-state index in [4.69, 9.17) is 16.3 Å². The van der Waals surface area contributed by atoms with E-state index in [2.05, 4.69) is 22.3 Å². The van der Waals surface area contributed by atoms with Crippen molar-refractivity contribution in [1.82, 2.24) is 5.32 Å². The van der Waals surface area contributed by atoms with Gasteiger partial charge in [-0.25, -0.2) is 0 Å². The zero-order valence-electron chi connectivity index (χ0n) is 14.0. The standard InChI is InChI=1S/C19H21ClN2O3/c1-25-17-12-13(11-16(20)18(17)23)19(24)21-14-7-9-22(10-8-14)15-5-3-2-4-6-15/h2-6,11-12,14,23H,7-10H2,1H3,(H,21,24). The molecule has 25 heavy (non-hydrogen) atoms. The molecule has 0 radical (unpaired) electrons. The zero-order chi connectivity index (χ0) is 17.8. The molecule has 1 aliphatic rings. The molecule has 1 heterocycles. The highest BCUT2D eigenvalue weighted by Gasteiger charge is 2.22. The number of carbonyl (C=O) groups is 1. The van der Waals surface area contributed by atoms with E-state index in [-0.39, 0.29) is 28.5 Å². The molecule has 0 atom stereocenters. The summed E-state index contributed by atoms with van der Waals surface area (Å²) in [5, 5.41) is 12.9. The summed E-state index contributed by atoms with van der Waals surface area (Å²) in [6.45, 7) is 1.79. The number of piperidine rings is 1.